The van der Waals surface area contributed by atoms with Crippen LogP contribution in [-0.2, 0) is 4.79 Å². The highest BCUT2D eigenvalue weighted by molar-refractivity contribution is 5.95. The van der Waals surface area contributed by atoms with Crippen molar-refractivity contribution in [2.45, 2.75) is 57.4 Å². The number of carbonyl (C=O) groups excluding carboxylic acids is 2. The summed E-state index contributed by atoms with van der Waals surface area (Å²) in [5.41, 5.74) is 3.91. The summed E-state index contributed by atoms with van der Waals surface area (Å²) < 4.78 is 0. The predicted octanol–water partition coefficient (Wildman–Crippen LogP) is 5.83. The molecular formula is C28H32N4O2. The second-order valence-electron chi connectivity index (χ2n) is 10.1. The van der Waals surface area contributed by atoms with Crippen LogP contribution >= 0.6 is 0 Å². The summed E-state index contributed by atoms with van der Waals surface area (Å²) in [4.78, 5) is 32.5. The van der Waals surface area contributed by atoms with Crippen LogP contribution in [0.5, 0.6) is 0 Å². The maximum atomic E-state index is 13.2. The summed E-state index contributed by atoms with van der Waals surface area (Å²) in [6.45, 7) is 5.42. The van der Waals surface area contributed by atoms with Crippen LogP contribution in [0.3, 0.4) is 0 Å². The third-order valence-electron chi connectivity index (χ3n) is 7.39. The van der Waals surface area contributed by atoms with E-state index in [4.69, 9.17) is 0 Å². The third kappa shape index (κ3) is 4.63. The van der Waals surface area contributed by atoms with Crippen LogP contribution in [0.25, 0.3) is 22.4 Å². The van der Waals surface area contributed by atoms with Gasteiger partial charge in [-0.3, -0.25) is 9.59 Å². The van der Waals surface area contributed by atoms with Gasteiger partial charge >= 0.3 is 0 Å². The molecule has 0 radical (unpaired) electrons. The van der Waals surface area contributed by atoms with Crippen LogP contribution in [0, 0.1) is 11.8 Å². The van der Waals surface area contributed by atoms with Crippen molar-refractivity contribution in [2.75, 3.05) is 5.32 Å². The van der Waals surface area contributed by atoms with E-state index < -0.39 is 0 Å². The number of H-pyrrole nitrogens is 1. The minimum atomic E-state index is -0.110. The molecule has 3 N–H and O–H groups in total. The molecule has 2 aromatic carbocycles. The molecule has 2 saturated carbocycles. The average molecular weight is 457 g/mol. The molecular weight excluding hydrogens is 424 g/mol. The van der Waals surface area contributed by atoms with Gasteiger partial charge in [-0.05, 0) is 74.3 Å². The first-order valence-electron chi connectivity index (χ1n) is 12.2. The molecule has 2 amide bonds. The molecule has 176 valence electrons. The molecule has 2 fully saturated rings. The largest absolute Gasteiger partial charge is 0.347 e. The lowest BCUT2D eigenvalue weighted by molar-refractivity contribution is -0.114. The summed E-state index contributed by atoms with van der Waals surface area (Å²) in [6, 6.07) is 13.2. The van der Waals surface area contributed by atoms with E-state index in [-0.39, 0.29) is 17.4 Å². The highest BCUT2D eigenvalue weighted by atomic mass is 16.2. The number of imidazole rings is 1. The standard InChI is InChI=1S/C28H32N4O2/c1-3-5-19-14-20-6-4-13-28(16-19,17-20)32-27(34)22-9-7-21(8-10-22)26-30-24-12-11-23(29-18(2)33)15-25(24)31-26/h3,7-12,15,19-20H,1,4-6,13-14,16-17H2,2H3,(H,29,33)(H,30,31)(H,32,34)/t19-,20+,28?/m0/s1. The maximum absolute atomic E-state index is 13.2. The van der Waals surface area contributed by atoms with Gasteiger partial charge in [-0.1, -0.05) is 31.1 Å². The molecule has 0 aliphatic heterocycles. The predicted molar refractivity (Wildman–Crippen MR) is 136 cm³/mol. The van der Waals surface area contributed by atoms with Crippen LogP contribution in [0.1, 0.15) is 62.2 Å². The maximum Gasteiger partial charge on any atom is 0.251 e. The number of amides is 2. The molecule has 1 aromatic heterocycles. The number of hydrogen-bond acceptors (Lipinski definition) is 3. The van der Waals surface area contributed by atoms with Gasteiger partial charge in [0.2, 0.25) is 5.91 Å². The van der Waals surface area contributed by atoms with Crippen molar-refractivity contribution in [3.63, 3.8) is 0 Å². The first-order chi connectivity index (χ1) is 16.4. The number of aromatic nitrogens is 2. The minimum Gasteiger partial charge on any atom is -0.347 e. The van der Waals surface area contributed by atoms with Gasteiger partial charge in [-0.2, -0.15) is 0 Å². The molecule has 0 spiro atoms. The van der Waals surface area contributed by atoms with Crippen molar-refractivity contribution in [1.82, 2.24) is 15.3 Å². The number of allylic oxidation sites excluding steroid dienone is 1. The van der Waals surface area contributed by atoms with Gasteiger partial charge in [0.05, 0.1) is 11.0 Å². The van der Waals surface area contributed by atoms with Crippen LogP contribution < -0.4 is 10.6 Å². The number of nitrogens with one attached hydrogen (secondary N) is 3. The quantitative estimate of drug-likeness (QED) is 0.408. The number of carbonyl (C=O) groups is 2. The fourth-order valence-electron chi connectivity index (χ4n) is 6.08. The van der Waals surface area contributed by atoms with Crippen LogP contribution in [0.15, 0.2) is 55.1 Å². The van der Waals surface area contributed by atoms with Gasteiger partial charge in [-0.25, -0.2) is 4.98 Å². The Morgan fingerprint density at radius 1 is 1.21 bits per heavy atom. The van der Waals surface area contributed by atoms with Crippen molar-refractivity contribution in [1.29, 1.82) is 0 Å². The van der Waals surface area contributed by atoms with Gasteiger partial charge < -0.3 is 15.6 Å². The molecule has 0 saturated heterocycles. The molecule has 2 aliphatic carbocycles. The van der Waals surface area contributed by atoms with E-state index in [1.165, 1.54) is 26.2 Å². The Morgan fingerprint density at radius 2 is 2.03 bits per heavy atom. The van der Waals surface area contributed by atoms with Gasteiger partial charge in [-0.15, -0.1) is 6.58 Å². The molecule has 3 aromatic rings. The fourth-order valence-corrected chi connectivity index (χ4v) is 6.08. The molecule has 3 atom stereocenters. The monoisotopic (exact) mass is 456 g/mol. The zero-order valence-electron chi connectivity index (χ0n) is 19.7. The first-order valence-corrected chi connectivity index (χ1v) is 12.2. The smallest absolute Gasteiger partial charge is 0.251 e. The van der Waals surface area contributed by atoms with Crippen molar-refractivity contribution in [3.05, 3.63) is 60.7 Å². The van der Waals surface area contributed by atoms with Crippen molar-refractivity contribution < 1.29 is 9.59 Å². The summed E-state index contributed by atoms with van der Waals surface area (Å²) in [5, 5.41) is 6.23. The van der Waals surface area contributed by atoms with Gasteiger partial charge in [0, 0.05) is 29.3 Å². The van der Waals surface area contributed by atoms with Crippen molar-refractivity contribution in [2.24, 2.45) is 11.8 Å². The molecule has 6 heteroatoms. The lowest BCUT2D eigenvalue weighted by Crippen LogP contribution is -2.55. The molecule has 34 heavy (non-hydrogen) atoms. The normalized spacial score (nSPS) is 23.9. The van der Waals surface area contributed by atoms with E-state index in [2.05, 4.69) is 27.2 Å². The summed E-state index contributed by atoms with van der Waals surface area (Å²) in [7, 11) is 0. The van der Waals surface area contributed by atoms with Crippen molar-refractivity contribution in [3.8, 4) is 11.4 Å². The highest BCUT2D eigenvalue weighted by Gasteiger charge is 2.43. The minimum absolute atomic E-state index is 0.0102. The second kappa shape index (κ2) is 9.09. The van der Waals surface area contributed by atoms with Gasteiger partial charge in [0.25, 0.3) is 5.91 Å². The average Bonchev–Trinajstić information content (AvgIpc) is 3.22. The zero-order chi connectivity index (χ0) is 23.7. The topological polar surface area (TPSA) is 86.9 Å². The number of benzene rings is 2. The van der Waals surface area contributed by atoms with E-state index in [0.29, 0.717) is 11.5 Å². The molecule has 5 rings (SSSR count). The van der Waals surface area contributed by atoms with Gasteiger partial charge in [0.15, 0.2) is 0 Å². The zero-order valence-corrected chi connectivity index (χ0v) is 19.7. The Hall–Kier alpha value is -3.41. The SMILES string of the molecule is C=CC[C@H]1C[C@H]2CCCC(NC(=O)c3ccc(-c4nc5ccc(NC(C)=O)cc5[nH]4)cc3)(C2)C1. The number of rotatable bonds is 6. The molecule has 1 unspecified atom stereocenters. The number of anilines is 1. The van der Waals surface area contributed by atoms with Gasteiger partial charge in [0.1, 0.15) is 5.82 Å². The van der Waals surface area contributed by atoms with E-state index in [0.717, 1.165) is 59.7 Å². The van der Waals surface area contributed by atoms with Crippen LogP contribution in [0.2, 0.25) is 0 Å². The van der Waals surface area contributed by atoms with Crippen LogP contribution in [-0.4, -0.2) is 27.3 Å². The molecule has 6 nitrogen and oxygen atoms in total. The summed E-state index contributed by atoms with van der Waals surface area (Å²) in [5.74, 6) is 1.97. The van der Waals surface area contributed by atoms with E-state index in [1.54, 1.807) is 0 Å². The molecule has 2 bridgehead atoms. The Kier molecular flexibility index (Phi) is 5.98. The van der Waals surface area contributed by atoms with Crippen molar-refractivity contribution >= 4 is 28.5 Å². The number of aromatic amines is 1. The number of hydrogen-bond donors (Lipinski definition) is 3. The van der Waals surface area contributed by atoms with E-state index >= 15 is 0 Å². The Balaban J connectivity index is 1.31. The molecule has 2 aliphatic rings. The summed E-state index contributed by atoms with van der Waals surface area (Å²) in [6.07, 6.45) is 10.0. The lowest BCUT2D eigenvalue weighted by Gasteiger charge is -2.48. The highest BCUT2D eigenvalue weighted by Crippen LogP contribution is 2.46. The van der Waals surface area contributed by atoms with E-state index in [9.17, 15) is 9.59 Å². The number of fused-ring (bicyclic) bond motifs is 3. The second-order valence-corrected chi connectivity index (χ2v) is 10.1. The van der Waals surface area contributed by atoms with Crippen LogP contribution in [0.4, 0.5) is 5.69 Å². The lowest BCUT2D eigenvalue weighted by atomic mass is 9.63. The Labute approximate surface area is 200 Å². The first kappa shape index (κ1) is 22.4. The number of nitrogens with zero attached hydrogens (tertiary/aromatic N) is 1. The summed E-state index contributed by atoms with van der Waals surface area (Å²) >= 11 is 0. The van der Waals surface area contributed by atoms with E-state index in [1.807, 2.05) is 48.5 Å². The fraction of sp³-hybridized carbons (Fsp3) is 0.393. The Morgan fingerprint density at radius 3 is 2.79 bits per heavy atom. The molecule has 1 heterocycles. The third-order valence-corrected chi connectivity index (χ3v) is 7.39. The Bertz CT molecular complexity index is 1230.